The predicted molar refractivity (Wildman–Crippen MR) is 105 cm³/mol. The molecule has 3 fully saturated rings. The summed E-state index contributed by atoms with van der Waals surface area (Å²) in [4.78, 5) is 17.3. The van der Waals surface area contributed by atoms with Gasteiger partial charge in [-0.25, -0.2) is 0 Å². The number of benzene rings is 1. The number of thiophene rings is 1. The summed E-state index contributed by atoms with van der Waals surface area (Å²) in [6, 6.07) is 13.2. The summed E-state index contributed by atoms with van der Waals surface area (Å²) >= 11 is 3.33. The third-order valence-corrected chi connectivity index (χ3v) is 7.98. The first-order chi connectivity index (χ1) is 12.1. The van der Waals surface area contributed by atoms with E-state index in [1.807, 2.05) is 6.07 Å². The Kier molecular flexibility index (Phi) is 4.89. The van der Waals surface area contributed by atoms with Gasteiger partial charge in [0.25, 0.3) is 5.91 Å². The molecule has 4 heterocycles. The van der Waals surface area contributed by atoms with Crippen LogP contribution in [0.2, 0.25) is 0 Å². The second kappa shape index (κ2) is 7.14. The molecule has 25 heavy (non-hydrogen) atoms. The maximum Gasteiger partial charge on any atom is 0.261 e. The van der Waals surface area contributed by atoms with E-state index in [-0.39, 0.29) is 5.91 Å². The van der Waals surface area contributed by atoms with Crippen LogP contribution >= 0.6 is 23.1 Å². The topological polar surface area (TPSA) is 32.3 Å². The van der Waals surface area contributed by atoms with Crippen LogP contribution in [0, 0.1) is 12.8 Å². The number of piperidine rings is 3. The lowest BCUT2D eigenvalue weighted by atomic mass is 9.79. The van der Waals surface area contributed by atoms with E-state index in [4.69, 9.17) is 0 Å². The first-order valence-corrected chi connectivity index (χ1v) is 10.6. The molecule has 0 unspecified atom stereocenters. The molecule has 2 aromatic rings. The third kappa shape index (κ3) is 3.50. The minimum atomic E-state index is 0.0900. The molecule has 1 amide bonds. The third-order valence-electron chi connectivity index (χ3n) is 5.58. The van der Waals surface area contributed by atoms with Gasteiger partial charge in [0.1, 0.15) is 0 Å². The van der Waals surface area contributed by atoms with Gasteiger partial charge in [-0.3, -0.25) is 9.69 Å². The molecular formula is C20H24N2OS2. The molecule has 0 spiro atoms. The average Bonchev–Trinajstić information content (AvgIpc) is 3.09. The number of nitrogens with one attached hydrogen (secondary N) is 1. The fraction of sp³-hybridized carbons (Fsp3) is 0.450. The molecule has 0 radical (unpaired) electrons. The molecule has 0 saturated carbocycles. The molecule has 3 aliphatic rings. The maximum absolute atomic E-state index is 12.7. The van der Waals surface area contributed by atoms with Gasteiger partial charge in [0.05, 0.1) is 9.09 Å². The van der Waals surface area contributed by atoms with Crippen molar-refractivity contribution in [1.82, 2.24) is 10.2 Å². The highest BCUT2D eigenvalue weighted by molar-refractivity contribution is 8.01. The Morgan fingerprint density at radius 1 is 1.20 bits per heavy atom. The van der Waals surface area contributed by atoms with Gasteiger partial charge in [0.2, 0.25) is 0 Å². The zero-order chi connectivity index (χ0) is 17.4. The minimum Gasteiger partial charge on any atom is -0.347 e. The van der Waals surface area contributed by atoms with Gasteiger partial charge in [-0.05, 0) is 69.5 Å². The van der Waals surface area contributed by atoms with Crippen molar-refractivity contribution in [3.8, 4) is 0 Å². The SMILES string of the molecule is Cc1ccccc1Sc1ccc(C(=O)N[C@@H]2C3CCN(CC3)[C@H]2C)s1. The summed E-state index contributed by atoms with van der Waals surface area (Å²) in [6.45, 7) is 6.76. The Hall–Kier alpha value is -1.30. The van der Waals surface area contributed by atoms with E-state index in [2.05, 4.69) is 54.4 Å². The zero-order valence-corrected chi connectivity index (χ0v) is 16.3. The Labute approximate surface area is 157 Å². The number of carbonyl (C=O) groups is 1. The number of hydrogen-bond acceptors (Lipinski definition) is 4. The molecule has 3 nitrogen and oxygen atoms in total. The largest absolute Gasteiger partial charge is 0.347 e. The number of nitrogens with zero attached hydrogens (tertiary/aromatic N) is 1. The van der Waals surface area contributed by atoms with Crippen LogP contribution in [0.15, 0.2) is 45.5 Å². The van der Waals surface area contributed by atoms with Crippen molar-refractivity contribution < 1.29 is 4.79 Å². The summed E-state index contributed by atoms with van der Waals surface area (Å²) in [7, 11) is 0. The number of carbonyl (C=O) groups excluding carboxylic acids is 1. The Morgan fingerprint density at radius 2 is 1.96 bits per heavy atom. The van der Waals surface area contributed by atoms with Crippen molar-refractivity contribution in [2.75, 3.05) is 13.1 Å². The van der Waals surface area contributed by atoms with Crippen molar-refractivity contribution in [1.29, 1.82) is 0 Å². The van der Waals surface area contributed by atoms with E-state index in [9.17, 15) is 4.79 Å². The molecule has 2 atom stereocenters. The van der Waals surface area contributed by atoms with Gasteiger partial charge in [0.15, 0.2) is 0 Å². The lowest BCUT2D eigenvalue weighted by Crippen LogP contribution is -2.62. The summed E-state index contributed by atoms with van der Waals surface area (Å²) < 4.78 is 1.17. The predicted octanol–water partition coefficient (Wildman–Crippen LogP) is 4.42. The van der Waals surface area contributed by atoms with E-state index in [1.54, 1.807) is 23.1 Å². The average molecular weight is 373 g/mol. The Balaban J connectivity index is 1.43. The van der Waals surface area contributed by atoms with Crippen LogP contribution in [0.25, 0.3) is 0 Å². The fourth-order valence-corrected chi connectivity index (χ4v) is 6.12. The van der Waals surface area contributed by atoms with Crippen molar-refractivity contribution >= 4 is 29.0 Å². The molecule has 1 aromatic heterocycles. The molecule has 3 saturated heterocycles. The van der Waals surface area contributed by atoms with Crippen molar-refractivity contribution in [2.45, 2.75) is 47.9 Å². The monoisotopic (exact) mass is 372 g/mol. The maximum atomic E-state index is 12.7. The zero-order valence-electron chi connectivity index (χ0n) is 14.7. The van der Waals surface area contributed by atoms with Gasteiger partial charge in [-0.1, -0.05) is 30.0 Å². The number of hydrogen-bond donors (Lipinski definition) is 1. The summed E-state index contributed by atoms with van der Waals surface area (Å²) in [5.74, 6) is 0.733. The van der Waals surface area contributed by atoms with Gasteiger partial charge in [-0.15, -0.1) is 11.3 Å². The molecule has 132 valence electrons. The van der Waals surface area contributed by atoms with E-state index in [1.165, 1.54) is 40.6 Å². The fourth-order valence-electron chi connectivity index (χ4n) is 4.04. The standard InChI is InChI=1S/C20H24N2OS2/c1-13-5-3-4-6-16(13)24-18-8-7-17(25-18)20(23)21-19-14(2)22-11-9-15(19)10-12-22/h3-8,14-15,19H,9-12H2,1-2H3,(H,21,23)/t14-,19-/m0/s1. The number of amides is 1. The van der Waals surface area contributed by atoms with Crippen LogP contribution in [0.1, 0.15) is 35.0 Å². The molecule has 2 bridgehead atoms. The quantitative estimate of drug-likeness (QED) is 0.862. The second-order valence-electron chi connectivity index (χ2n) is 7.10. The Bertz CT molecular complexity index is 763. The van der Waals surface area contributed by atoms with Crippen LogP contribution in [0.5, 0.6) is 0 Å². The first kappa shape index (κ1) is 17.1. The Morgan fingerprint density at radius 3 is 2.68 bits per heavy atom. The van der Waals surface area contributed by atoms with E-state index in [0.717, 1.165) is 4.88 Å². The van der Waals surface area contributed by atoms with Crippen molar-refractivity contribution in [3.63, 3.8) is 0 Å². The van der Waals surface area contributed by atoms with Crippen LogP contribution in [-0.2, 0) is 0 Å². The number of aryl methyl sites for hydroxylation is 1. The van der Waals surface area contributed by atoms with Gasteiger partial charge in [-0.2, -0.15) is 0 Å². The molecule has 1 aromatic carbocycles. The summed E-state index contributed by atoms with van der Waals surface area (Å²) in [5.41, 5.74) is 1.27. The highest BCUT2D eigenvalue weighted by atomic mass is 32.2. The van der Waals surface area contributed by atoms with Crippen molar-refractivity contribution in [3.05, 3.63) is 46.8 Å². The van der Waals surface area contributed by atoms with Crippen molar-refractivity contribution in [2.24, 2.45) is 5.92 Å². The minimum absolute atomic E-state index is 0.0900. The highest BCUT2D eigenvalue weighted by Crippen LogP contribution is 2.36. The van der Waals surface area contributed by atoms with Crippen LogP contribution in [0.4, 0.5) is 0 Å². The summed E-state index contributed by atoms with van der Waals surface area (Å²) in [5, 5.41) is 3.33. The van der Waals surface area contributed by atoms with Crippen LogP contribution in [-0.4, -0.2) is 36.0 Å². The van der Waals surface area contributed by atoms with E-state index >= 15 is 0 Å². The van der Waals surface area contributed by atoms with Gasteiger partial charge < -0.3 is 5.32 Å². The van der Waals surface area contributed by atoms with Gasteiger partial charge >= 0.3 is 0 Å². The molecule has 1 N–H and O–H groups in total. The molecule has 5 rings (SSSR count). The second-order valence-corrected chi connectivity index (χ2v) is 9.53. The van der Waals surface area contributed by atoms with E-state index < -0.39 is 0 Å². The lowest BCUT2D eigenvalue weighted by molar-refractivity contribution is 0.0218. The molecule has 0 aliphatic carbocycles. The first-order valence-electron chi connectivity index (χ1n) is 9.00. The van der Waals surface area contributed by atoms with E-state index in [0.29, 0.717) is 18.0 Å². The van der Waals surface area contributed by atoms with Crippen LogP contribution < -0.4 is 5.32 Å². The van der Waals surface area contributed by atoms with Gasteiger partial charge in [0, 0.05) is 17.0 Å². The smallest absolute Gasteiger partial charge is 0.261 e. The molecule has 3 aliphatic heterocycles. The molecule has 5 heteroatoms. The molecular weight excluding hydrogens is 348 g/mol. The number of rotatable bonds is 4. The van der Waals surface area contributed by atoms with Crippen LogP contribution in [0.3, 0.4) is 0 Å². The number of fused-ring (bicyclic) bond motifs is 3. The normalized spacial score (nSPS) is 28.1. The lowest BCUT2D eigenvalue weighted by Gasteiger charge is -2.49. The summed E-state index contributed by atoms with van der Waals surface area (Å²) in [6.07, 6.45) is 2.43. The highest BCUT2D eigenvalue weighted by Gasteiger charge is 2.40.